The summed E-state index contributed by atoms with van der Waals surface area (Å²) in [6.45, 7) is 5.29. The number of Topliss-reactive ketones (excluding diaryl/α,β-unsaturated/α-hetero) is 1. The van der Waals surface area contributed by atoms with Gasteiger partial charge in [0, 0.05) is 31.0 Å². The topological polar surface area (TPSA) is 114 Å². The minimum absolute atomic E-state index is 0.0237. The maximum atomic E-state index is 13.3. The summed E-state index contributed by atoms with van der Waals surface area (Å²) in [7, 11) is 0. The second-order valence-electron chi connectivity index (χ2n) is 8.27. The average Bonchev–Trinajstić information content (AvgIpc) is 3.48. The fourth-order valence-electron chi connectivity index (χ4n) is 4.33. The van der Waals surface area contributed by atoms with Gasteiger partial charge in [0.1, 0.15) is 11.5 Å². The Balaban J connectivity index is 1.77. The van der Waals surface area contributed by atoms with E-state index < -0.39 is 17.7 Å². The first-order valence-electron chi connectivity index (χ1n) is 11.9. The molecule has 0 spiro atoms. The van der Waals surface area contributed by atoms with E-state index in [1.165, 1.54) is 11.0 Å². The average molecular weight is 492 g/mol. The van der Waals surface area contributed by atoms with Gasteiger partial charge in [0.15, 0.2) is 11.5 Å². The zero-order valence-electron chi connectivity index (χ0n) is 20.3. The van der Waals surface area contributed by atoms with Crippen molar-refractivity contribution in [3.8, 4) is 17.2 Å². The molecule has 1 atom stereocenters. The number of amides is 1. The smallest absolute Gasteiger partial charge is 0.295 e. The molecule has 1 amide bonds. The number of rotatable bonds is 10. The Kier molecular flexibility index (Phi) is 7.58. The van der Waals surface area contributed by atoms with Crippen molar-refractivity contribution in [2.24, 2.45) is 0 Å². The Morgan fingerprint density at radius 2 is 1.86 bits per heavy atom. The Morgan fingerprint density at radius 3 is 2.58 bits per heavy atom. The molecule has 1 unspecified atom stereocenters. The van der Waals surface area contributed by atoms with Gasteiger partial charge in [-0.05, 0) is 50.1 Å². The summed E-state index contributed by atoms with van der Waals surface area (Å²) < 4.78 is 13.0. The first kappa shape index (κ1) is 24.8. The highest BCUT2D eigenvalue weighted by atomic mass is 16.5. The highest BCUT2D eigenvalue weighted by Gasteiger charge is 2.46. The zero-order chi connectivity index (χ0) is 25.7. The largest absolute Gasteiger partial charge is 0.507 e. The molecule has 2 heterocycles. The molecular weight excluding hydrogens is 462 g/mol. The van der Waals surface area contributed by atoms with Crippen molar-refractivity contribution in [3.63, 3.8) is 0 Å². The number of phenols is 1. The summed E-state index contributed by atoms with van der Waals surface area (Å²) in [6.07, 6.45) is 5.75. The molecule has 2 N–H and O–H groups in total. The zero-order valence-corrected chi connectivity index (χ0v) is 20.3. The van der Waals surface area contributed by atoms with E-state index in [0.717, 1.165) is 0 Å². The number of aromatic nitrogens is 2. The molecule has 1 aliphatic heterocycles. The molecule has 0 aliphatic carbocycles. The number of hydrogen-bond donors (Lipinski definition) is 2. The summed E-state index contributed by atoms with van der Waals surface area (Å²) in [6, 6.07) is 10.6. The molecule has 1 saturated heterocycles. The number of phenolic OH excluding ortho intramolecular Hbond substituents is 1. The van der Waals surface area contributed by atoms with Gasteiger partial charge < -0.3 is 29.2 Å². The van der Waals surface area contributed by atoms with Crippen LogP contribution in [0.15, 0.2) is 66.8 Å². The Bertz CT molecular complexity index is 1270. The lowest BCUT2D eigenvalue weighted by Crippen LogP contribution is -2.31. The van der Waals surface area contributed by atoms with Gasteiger partial charge >= 0.3 is 0 Å². The third-order valence-corrected chi connectivity index (χ3v) is 5.93. The molecule has 0 bridgehead atoms. The van der Waals surface area contributed by atoms with E-state index in [-0.39, 0.29) is 29.4 Å². The molecular formula is C27H29N3O6. The van der Waals surface area contributed by atoms with E-state index in [2.05, 4.69) is 4.98 Å². The molecule has 0 radical (unpaired) electrons. The predicted octanol–water partition coefficient (Wildman–Crippen LogP) is 3.90. The number of aliphatic hydroxyl groups excluding tert-OH is 1. The van der Waals surface area contributed by atoms with Gasteiger partial charge in [0.25, 0.3) is 11.7 Å². The third kappa shape index (κ3) is 5.05. The predicted molar refractivity (Wildman–Crippen MR) is 133 cm³/mol. The highest BCUT2D eigenvalue weighted by Crippen LogP contribution is 2.42. The molecule has 3 aromatic rings. The van der Waals surface area contributed by atoms with Gasteiger partial charge in [0.2, 0.25) is 0 Å². The molecule has 9 nitrogen and oxygen atoms in total. The first-order chi connectivity index (χ1) is 17.4. The van der Waals surface area contributed by atoms with Crippen molar-refractivity contribution < 1.29 is 29.3 Å². The van der Waals surface area contributed by atoms with Crippen molar-refractivity contribution in [2.75, 3.05) is 19.8 Å². The van der Waals surface area contributed by atoms with Gasteiger partial charge in [-0.15, -0.1) is 0 Å². The fraction of sp³-hybridized carbons (Fsp3) is 0.296. The van der Waals surface area contributed by atoms with E-state index in [0.29, 0.717) is 43.1 Å². The van der Waals surface area contributed by atoms with Gasteiger partial charge in [-0.3, -0.25) is 9.59 Å². The maximum absolute atomic E-state index is 13.3. The first-order valence-corrected chi connectivity index (χ1v) is 11.9. The molecule has 9 heteroatoms. The van der Waals surface area contributed by atoms with Gasteiger partial charge in [-0.25, -0.2) is 4.98 Å². The van der Waals surface area contributed by atoms with Crippen molar-refractivity contribution in [1.82, 2.24) is 14.5 Å². The molecule has 4 rings (SSSR count). The third-order valence-electron chi connectivity index (χ3n) is 5.93. The molecule has 2 aromatic carbocycles. The summed E-state index contributed by atoms with van der Waals surface area (Å²) in [5.41, 5.74) is 0.885. The van der Waals surface area contributed by atoms with Crippen LogP contribution in [0, 0.1) is 0 Å². The number of benzene rings is 2. The molecule has 188 valence electrons. The number of nitrogens with zero attached hydrogens (tertiary/aromatic N) is 3. The monoisotopic (exact) mass is 491 g/mol. The van der Waals surface area contributed by atoms with Crippen LogP contribution >= 0.6 is 0 Å². The second-order valence-corrected chi connectivity index (χ2v) is 8.27. The van der Waals surface area contributed by atoms with Crippen molar-refractivity contribution in [1.29, 1.82) is 0 Å². The molecule has 36 heavy (non-hydrogen) atoms. The van der Waals surface area contributed by atoms with Crippen LogP contribution in [0.2, 0.25) is 0 Å². The van der Waals surface area contributed by atoms with Crippen LogP contribution in [-0.4, -0.2) is 56.1 Å². The summed E-state index contributed by atoms with van der Waals surface area (Å²) in [5.74, 6) is -1.04. The summed E-state index contributed by atoms with van der Waals surface area (Å²) in [4.78, 5) is 31.9. The van der Waals surface area contributed by atoms with E-state index in [1.54, 1.807) is 55.8 Å². The SMILES string of the molecule is CCOc1cccc(C(O)=C2C(=O)C(=O)N(CCCn3ccnc3)C2c2ccc(O)c(OCC)c2)c1. The van der Waals surface area contributed by atoms with Gasteiger partial charge in [-0.2, -0.15) is 0 Å². The van der Waals surface area contributed by atoms with E-state index in [4.69, 9.17) is 9.47 Å². The number of ketones is 1. The van der Waals surface area contributed by atoms with Crippen LogP contribution in [0.25, 0.3) is 5.76 Å². The van der Waals surface area contributed by atoms with Gasteiger partial charge in [-0.1, -0.05) is 18.2 Å². The van der Waals surface area contributed by atoms with Crippen LogP contribution in [0.4, 0.5) is 0 Å². The Hall–Kier alpha value is -4.27. The van der Waals surface area contributed by atoms with E-state index in [9.17, 15) is 19.8 Å². The quantitative estimate of drug-likeness (QED) is 0.251. The number of ether oxygens (including phenoxy) is 2. The summed E-state index contributed by atoms with van der Waals surface area (Å²) >= 11 is 0. The lowest BCUT2D eigenvalue weighted by Gasteiger charge is -2.26. The summed E-state index contributed by atoms with van der Waals surface area (Å²) in [5, 5.41) is 21.5. The highest BCUT2D eigenvalue weighted by molar-refractivity contribution is 6.46. The maximum Gasteiger partial charge on any atom is 0.295 e. The van der Waals surface area contributed by atoms with Crippen LogP contribution in [0.3, 0.4) is 0 Å². The number of aromatic hydroxyl groups is 1. The molecule has 0 saturated carbocycles. The van der Waals surface area contributed by atoms with E-state index >= 15 is 0 Å². The number of likely N-dealkylation sites (tertiary alicyclic amines) is 1. The second kappa shape index (κ2) is 11.0. The number of aliphatic hydroxyl groups is 1. The number of aryl methyl sites for hydroxylation is 1. The normalized spacial score (nSPS) is 16.9. The Labute approximate surface area is 209 Å². The van der Waals surface area contributed by atoms with Crippen molar-refractivity contribution >= 4 is 17.4 Å². The van der Waals surface area contributed by atoms with Crippen LogP contribution in [-0.2, 0) is 16.1 Å². The van der Waals surface area contributed by atoms with Gasteiger partial charge in [0.05, 0.1) is 31.2 Å². The number of hydrogen-bond acceptors (Lipinski definition) is 7. The molecule has 1 aromatic heterocycles. The number of carbonyl (C=O) groups excluding carboxylic acids is 2. The molecule has 1 fully saturated rings. The lowest BCUT2D eigenvalue weighted by atomic mass is 9.95. The van der Waals surface area contributed by atoms with Crippen LogP contribution in [0.5, 0.6) is 17.2 Å². The minimum atomic E-state index is -0.858. The standard InChI is InChI=1S/C27H29N3O6/c1-3-35-20-8-5-7-19(15-20)25(32)23-24(18-9-10-21(31)22(16-18)36-4-2)30(27(34)26(23)33)13-6-12-29-14-11-28-17-29/h5,7-11,14-17,24,31-32H,3-4,6,12-13H2,1-2H3. The molecule has 1 aliphatic rings. The lowest BCUT2D eigenvalue weighted by molar-refractivity contribution is -0.139. The fourth-order valence-corrected chi connectivity index (χ4v) is 4.33. The van der Waals surface area contributed by atoms with Crippen LogP contribution < -0.4 is 9.47 Å². The Morgan fingerprint density at radius 1 is 1.06 bits per heavy atom. The van der Waals surface area contributed by atoms with Crippen molar-refractivity contribution in [2.45, 2.75) is 32.9 Å². The minimum Gasteiger partial charge on any atom is -0.507 e. The van der Waals surface area contributed by atoms with E-state index in [1.807, 2.05) is 17.7 Å². The van der Waals surface area contributed by atoms with Crippen LogP contribution in [0.1, 0.15) is 37.4 Å². The number of carbonyl (C=O) groups is 2. The van der Waals surface area contributed by atoms with Crippen molar-refractivity contribution in [3.05, 3.63) is 77.9 Å². The number of imidazole rings is 1.